The summed E-state index contributed by atoms with van der Waals surface area (Å²) in [6, 6.07) is 4.30. The van der Waals surface area contributed by atoms with Crippen molar-refractivity contribution < 1.29 is 26.4 Å². The molecule has 0 aliphatic heterocycles. The van der Waals surface area contributed by atoms with E-state index in [0.717, 1.165) is 10.6 Å². The molecule has 0 bridgehead atoms. The molecule has 1 aliphatic rings. The molecule has 8 nitrogen and oxygen atoms in total. The lowest BCUT2D eigenvalue weighted by molar-refractivity contribution is 0.317. The standard InChI is InChI=1S/C18H22FN3O5S3/c1-22(10-16(21-29(2,24)25)12-6-8-13(19)9-7-12)30(26,27)17-11-28-18-14(17)4-3-5-15(18)20-23/h6-9,11,16,21,23H,3-5,10H2,1-2H3/b20-15-. The topological polar surface area (TPSA) is 116 Å². The summed E-state index contributed by atoms with van der Waals surface area (Å²) in [6.45, 7) is -0.188. The SMILES string of the molecule is CN(CC(NS(C)(=O)=O)c1ccc(F)cc1)S(=O)(=O)c1csc2c1CCC/C2=N/O. The number of nitrogens with zero attached hydrogens (tertiary/aromatic N) is 2. The second-order valence-electron chi connectivity index (χ2n) is 7.09. The highest BCUT2D eigenvalue weighted by Gasteiger charge is 2.32. The summed E-state index contributed by atoms with van der Waals surface area (Å²) in [7, 11) is -6.23. The molecular formula is C18H22FN3O5S3. The van der Waals surface area contributed by atoms with Crippen LogP contribution in [-0.2, 0) is 26.5 Å². The Balaban J connectivity index is 1.92. The third-order valence-corrected chi connectivity index (χ3v) is 8.66. The van der Waals surface area contributed by atoms with Crippen LogP contribution in [0.15, 0.2) is 39.7 Å². The third-order valence-electron chi connectivity index (χ3n) is 4.84. The number of thiophene rings is 1. The average molecular weight is 476 g/mol. The van der Waals surface area contributed by atoms with Crippen molar-refractivity contribution in [2.24, 2.45) is 5.16 Å². The highest BCUT2D eigenvalue weighted by Crippen LogP contribution is 2.35. The van der Waals surface area contributed by atoms with Crippen LogP contribution in [-0.4, -0.2) is 51.9 Å². The molecule has 0 amide bonds. The zero-order valence-corrected chi connectivity index (χ0v) is 18.8. The van der Waals surface area contributed by atoms with Gasteiger partial charge in [-0.25, -0.2) is 25.9 Å². The number of likely N-dealkylation sites (N-methyl/N-ethyl adjacent to an activating group) is 1. The van der Waals surface area contributed by atoms with Gasteiger partial charge in [0, 0.05) is 19.0 Å². The highest BCUT2D eigenvalue weighted by atomic mass is 32.2. The van der Waals surface area contributed by atoms with Gasteiger partial charge in [-0.15, -0.1) is 11.3 Å². The zero-order chi connectivity index (χ0) is 22.1. The monoisotopic (exact) mass is 475 g/mol. The minimum absolute atomic E-state index is 0.128. The number of halogens is 1. The second-order valence-corrected chi connectivity index (χ2v) is 11.8. The Hall–Kier alpha value is -1.86. The zero-order valence-electron chi connectivity index (χ0n) is 16.4. The van der Waals surface area contributed by atoms with Gasteiger partial charge in [0.2, 0.25) is 20.0 Å². The largest absolute Gasteiger partial charge is 0.411 e. The summed E-state index contributed by atoms with van der Waals surface area (Å²) in [5.41, 5.74) is 1.51. The molecule has 164 valence electrons. The number of hydrogen-bond donors (Lipinski definition) is 2. The summed E-state index contributed by atoms with van der Waals surface area (Å²) in [4.78, 5) is 0.781. The first-order valence-corrected chi connectivity index (χ1v) is 13.2. The van der Waals surface area contributed by atoms with Gasteiger partial charge in [0.25, 0.3) is 0 Å². The van der Waals surface area contributed by atoms with Crippen molar-refractivity contribution in [3.63, 3.8) is 0 Å². The van der Waals surface area contributed by atoms with Crippen LogP contribution in [0.2, 0.25) is 0 Å². The molecule has 0 spiro atoms. The molecular weight excluding hydrogens is 453 g/mol. The molecule has 1 aromatic carbocycles. The lowest BCUT2D eigenvalue weighted by Gasteiger charge is -2.25. The van der Waals surface area contributed by atoms with Crippen molar-refractivity contribution in [3.8, 4) is 0 Å². The highest BCUT2D eigenvalue weighted by molar-refractivity contribution is 7.89. The molecule has 0 radical (unpaired) electrons. The number of rotatable bonds is 7. The van der Waals surface area contributed by atoms with Gasteiger partial charge in [0.15, 0.2) is 0 Å². The van der Waals surface area contributed by atoms with Crippen molar-refractivity contribution in [3.05, 3.63) is 51.5 Å². The number of hydrogen-bond acceptors (Lipinski definition) is 7. The minimum atomic E-state index is -3.94. The van der Waals surface area contributed by atoms with E-state index in [1.54, 1.807) is 0 Å². The van der Waals surface area contributed by atoms with Gasteiger partial charge in [-0.05, 0) is 42.5 Å². The van der Waals surface area contributed by atoms with Crippen molar-refractivity contribution in [2.75, 3.05) is 19.8 Å². The Morgan fingerprint density at radius 3 is 2.50 bits per heavy atom. The molecule has 1 aliphatic carbocycles. The van der Waals surface area contributed by atoms with Crippen molar-refractivity contribution in [1.82, 2.24) is 9.03 Å². The van der Waals surface area contributed by atoms with E-state index in [9.17, 15) is 26.4 Å². The van der Waals surface area contributed by atoms with E-state index >= 15 is 0 Å². The Morgan fingerprint density at radius 2 is 1.90 bits per heavy atom. The maximum Gasteiger partial charge on any atom is 0.244 e. The second kappa shape index (κ2) is 8.71. The van der Waals surface area contributed by atoms with Gasteiger partial charge < -0.3 is 5.21 Å². The lowest BCUT2D eigenvalue weighted by atomic mass is 9.98. The molecule has 2 aromatic rings. The molecule has 1 atom stereocenters. The van der Waals surface area contributed by atoms with Crippen LogP contribution in [0.3, 0.4) is 0 Å². The van der Waals surface area contributed by atoms with Crippen molar-refractivity contribution in [1.29, 1.82) is 0 Å². The summed E-state index contributed by atoms with van der Waals surface area (Å²) in [6.07, 6.45) is 2.76. The van der Waals surface area contributed by atoms with E-state index < -0.39 is 31.9 Å². The maximum atomic E-state index is 13.3. The molecule has 12 heteroatoms. The molecule has 0 fully saturated rings. The van der Waals surface area contributed by atoms with Crippen LogP contribution in [0.25, 0.3) is 0 Å². The summed E-state index contributed by atoms with van der Waals surface area (Å²) in [5.74, 6) is -0.482. The van der Waals surface area contributed by atoms with Gasteiger partial charge in [0.05, 0.1) is 27.8 Å². The molecule has 0 saturated carbocycles. The number of benzene rings is 1. The first kappa shape index (κ1) is 22.8. The van der Waals surface area contributed by atoms with E-state index in [1.165, 1.54) is 48.0 Å². The van der Waals surface area contributed by atoms with Gasteiger partial charge in [-0.1, -0.05) is 17.3 Å². The predicted molar refractivity (Wildman–Crippen MR) is 113 cm³/mol. The Kier molecular flexibility index (Phi) is 6.63. The van der Waals surface area contributed by atoms with E-state index in [2.05, 4.69) is 9.88 Å². The number of fused-ring (bicyclic) bond motifs is 1. The van der Waals surface area contributed by atoms with Crippen molar-refractivity contribution >= 4 is 37.1 Å². The fraction of sp³-hybridized carbons (Fsp3) is 0.389. The third kappa shape index (κ3) is 4.89. The van der Waals surface area contributed by atoms with Crippen LogP contribution >= 0.6 is 11.3 Å². The van der Waals surface area contributed by atoms with E-state index in [1.807, 2.05) is 0 Å². The van der Waals surface area contributed by atoms with Gasteiger partial charge in [0.1, 0.15) is 5.82 Å². The van der Waals surface area contributed by atoms with Crippen LogP contribution < -0.4 is 4.72 Å². The van der Waals surface area contributed by atoms with Crippen molar-refractivity contribution in [2.45, 2.75) is 30.2 Å². The van der Waals surface area contributed by atoms with Crippen LogP contribution in [0.1, 0.15) is 34.9 Å². The summed E-state index contributed by atoms with van der Waals surface area (Å²) in [5, 5.41) is 14.0. The van der Waals surface area contributed by atoms with Crippen LogP contribution in [0.4, 0.5) is 4.39 Å². The first-order valence-electron chi connectivity index (χ1n) is 9.03. The smallest absolute Gasteiger partial charge is 0.244 e. The van der Waals surface area contributed by atoms with Crippen LogP contribution in [0.5, 0.6) is 0 Å². The molecule has 0 saturated heterocycles. The average Bonchev–Trinajstić information content (AvgIpc) is 3.12. The number of nitrogens with one attached hydrogen (secondary N) is 1. The maximum absolute atomic E-state index is 13.3. The fourth-order valence-electron chi connectivity index (χ4n) is 3.39. The lowest BCUT2D eigenvalue weighted by Crippen LogP contribution is -2.38. The number of oxime groups is 1. The molecule has 1 unspecified atom stereocenters. The molecule has 30 heavy (non-hydrogen) atoms. The van der Waals surface area contributed by atoms with Gasteiger partial charge in [-0.3, -0.25) is 0 Å². The quantitative estimate of drug-likeness (QED) is 0.471. The Labute approximate surface area is 179 Å². The summed E-state index contributed by atoms with van der Waals surface area (Å²) < 4.78 is 66.9. The van der Waals surface area contributed by atoms with Crippen LogP contribution in [0, 0.1) is 5.82 Å². The fourth-order valence-corrected chi connectivity index (χ4v) is 7.01. The van der Waals surface area contributed by atoms with Gasteiger partial charge in [-0.2, -0.15) is 4.31 Å². The first-order chi connectivity index (χ1) is 14.0. The van der Waals surface area contributed by atoms with Gasteiger partial charge >= 0.3 is 0 Å². The molecule has 3 rings (SSSR count). The normalized spacial score (nSPS) is 17.3. The molecule has 1 aromatic heterocycles. The number of sulfonamides is 2. The predicted octanol–water partition coefficient (Wildman–Crippen LogP) is 2.31. The minimum Gasteiger partial charge on any atom is -0.411 e. The van der Waals surface area contributed by atoms with E-state index in [0.29, 0.717) is 41.0 Å². The van der Waals surface area contributed by atoms with E-state index in [-0.39, 0.29) is 11.4 Å². The van der Waals surface area contributed by atoms with E-state index in [4.69, 9.17) is 0 Å². The molecule has 1 heterocycles. The molecule has 2 N–H and O–H groups in total. The summed E-state index contributed by atoms with van der Waals surface area (Å²) >= 11 is 1.21. The Bertz CT molecular complexity index is 1160. The Morgan fingerprint density at radius 1 is 1.23 bits per heavy atom.